The zero-order valence-electron chi connectivity index (χ0n) is 14.8. The predicted octanol–water partition coefficient (Wildman–Crippen LogP) is 1.70. The number of carbonyl (C=O) groups excluding carboxylic acids is 3. The third-order valence-corrected chi connectivity index (χ3v) is 2.36. The molecular weight excluding hydrogens is 307 g/mol. The van der Waals surface area contributed by atoms with Gasteiger partial charge in [-0.2, -0.15) is 0 Å². The van der Waals surface area contributed by atoms with Crippen LogP contribution >= 0.6 is 0 Å². The second-order valence-corrected chi connectivity index (χ2v) is 7.05. The van der Waals surface area contributed by atoms with Gasteiger partial charge in [-0.25, -0.2) is 14.0 Å². The Bertz CT molecular complexity index is 440. The molecule has 0 fully saturated rings. The Morgan fingerprint density at radius 1 is 1.00 bits per heavy atom. The predicted molar refractivity (Wildman–Crippen MR) is 82.6 cm³/mol. The molecule has 0 saturated heterocycles. The molecule has 0 saturated carbocycles. The van der Waals surface area contributed by atoms with Crippen LogP contribution in [0.25, 0.3) is 0 Å². The summed E-state index contributed by atoms with van der Waals surface area (Å²) in [5, 5.41) is 4.39. The first-order valence-electron chi connectivity index (χ1n) is 7.33. The number of alkyl halides is 1. The van der Waals surface area contributed by atoms with E-state index in [9.17, 15) is 18.8 Å². The minimum absolute atomic E-state index is 0.548. The fourth-order valence-electron chi connectivity index (χ4n) is 1.51. The van der Waals surface area contributed by atoms with Gasteiger partial charge >= 0.3 is 12.1 Å². The van der Waals surface area contributed by atoms with Crippen LogP contribution in [0, 0.1) is 0 Å². The summed E-state index contributed by atoms with van der Waals surface area (Å²) in [6.45, 7) is 9.87. The monoisotopic (exact) mass is 334 g/mol. The topological polar surface area (TPSA) is 93.7 Å². The zero-order chi connectivity index (χ0) is 18.4. The van der Waals surface area contributed by atoms with Gasteiger partial charge in [0.25, 0.3) is 5.91 Å². The van der Waals surface area contributed by atoms with E-state index in [1.807, 2.05) is 0 Å². The quantitative estimate of drug-likeness (QED) is 0.746. The molecule has 0 heterocycles. The summed E-state index contributed by atoms with van der Waals surface area (Å²) in [6.07, 6.45) is -3.40. The molecule has 7 nitrogen and oxygen atoms in total. The van der Waals surface area contributed by atoms with Crippen LogP contribution in [0.3, 0.4) is 0 Å². The number of alkyl carbamates (subject to hydrolysis) is 1. The lowest BCUT2D eigenvalue weighted by molar-refractivity contribution is -0.158. The van der Waals surface area contributed by atoms with Crippen molar-refractivity contribution in [2.45, 2.75) is 71.4 Å². The molecule has 0 unspecified atom stereocenters. The van der Waals surface area contributed by atoms with E-state index in [1.165, 1.54) is 7.05 Å². The number of hydrogen-bond acceptors (Lipinski definition) is 5. The lowest BCUT2D eigenvalue weighted by atomic mass is 10.1. The van der Waals surface area contributed by atoms with Crippen molar-refractivity contribution in [3.63, 3.8) is 0 Å². The summed E-state index contributed by atoms with van der Waals surface area (Å²) in [5.74, 6) is -1.72. The molecule has 2 amide bonds. The second kappa shape index (κ2) is 8.12. The van der Waals surface area contributed by atoms with Crippen LogP contribution in [-0.4, -0.2) is 48.4 Å². The highest BCUT2D eigenvalue weighted by Crippen LogP contribution is 2.13. The molecule has 0 bridgehead atoms. The van der Waals surface area contributed by atoms with Crippen LogP contribution in [0.2, 0.25) is 0 Å². The number of carbonyl (C=O) groups is 3. The molecule has 0 aromatic heterocycles. The van der Waals surface area contributed by atoms with Crippen molar-refractivity contribution in [1.29, 1.82) is 0 Å². The Morgan fingerprint density at radius 3 is 1.87 bits per heavy atom. The Kier molecular flexibility index (Phi) is 7.47. The largest absolute Gasteiger partial charge is 0.458 e. The number of amides is 2. The summed E-state index contributed by atoms with van der Waals surface area (Å²) in [6, 6.07) is -1.34. The van der Waals surface area contributed by atoms with Gasteiger partial charge in [-0.05, 0) is 41.5 Å². The van der Waals surface area contributed by atoms with Gasteiger partial charge in [0, 0.05) is 13.5 Å². The summed E-state index contributed by atoms with van der Waals surface area (Å²) in [4.78, 5) is 35.2. The van der Waals surface area contributed by atoms with Gasteiger partial charge in [0.15, 0.2) is 6.17 Å². The normalized spacial score (nSPS) is 14.4. The van der Waals surface area contributed by atoms with E-state index in [0.717, 1.165) is 0 Å². The van der Waals surface area contributed by atoms with Crippen LogP contribution in [0.5, 0.6) is 0 Å². The van der Waals surface area contributed by atoms with Gasteiger partial charge in [-0.3, -0.25) is 4.79 Å². The summed E-state index contributed by atoms with van der Waals surface area (Å²) >= 11 is 0. The molecule has 0 radical (unpaired) electrons. The first kappa shape index (κ1) is 21.1. The minimum atomic E-state index is -1.97. The third-order valence-electron chi connectivity index (χ3n) is 2.36. The average molecular weight is 334 g/mol. The molecule has 23 heavy (non-hydrogen) atoms. The molecule has 2 N–H and O–H groups in total. The van der Waals surface area contributed by atoms with Crippen molar-refractivity contribution < 1.29 is 28.2 Å². The van der Waals surface area contributed by atoms with Gasteiger partial charge in [0.05, 0.1) is 0 Å². The van der Waals surface area contributed by atoms with E-state index < -0.39 is 47.8 Å². The Balaban J connectivity index is 5.03. The maximum Gasteiger partial charge on any atom is 0.408 e. The fraction of sp³-hybridized carbons (Fsp3) is 0.800. The number of nitrogens with one attached hydrogen (secondary N) is 2. The minimum Gasteiger partial charge on any atom is -0.458 e. The van der Waals surface area contributed by atoms with Gasteiger partial charge in [-0.1, -0.05) is 0 Å². The standard InChI is InChI=1S/C15H27FN2O5/c1-14(2,3)22-12(20)10(8-9(16)11(19)17-7)18-13(21)23-15(4,5)6/h9-10H,8H2,1-7H3,(H,17,19)(H,18,21)/t9-,10+/m1/s1. The maximum atomic E-state index is 13.8. The van der Waals surface area contributed by atoms with E-state index in [1.54, 1.807) is 41.5 Å². The number of hydrogen-bond donors (Lipinski definition) is 2. The van der Waals surface area contributed by atoms with Gasteiger partial charge in [0.2, 0.25) is 0 Å². The third kappa shape index (κ3) is 9.70. The van der Waals surface area contributed by atoms with Gasteiger partial charge in [-0.15, -0.1) is 0 Å². The summed E-state index contributed by atoms with van der Waals surface area (Å²) < 4.78 is 24.0. The van der Waals surface area contributed by atoms with Gasteiger partial charge < -0.3 is 20.1 Å². The van der Waals surface area contributed by atoms with E-state index in [2.05, 4.69) is 10.6 Å². The molecule has 0 aliphatic carbocycles. The highest BCUT2D eigenvalue weighted by Gasteiger charge is 2.32. The second-order valence-electron chi connectivity index (χ2n) is 7.05. The Labute approximate surface area is 136 Å². The van der Waals surface area contributed by atoms with Crippen molar-refractivity contribution in [1.82, 2.24) is 10.6 Å². The molecule has 0 aliphatic rings. The number of rotatable bonds is 5. The van der Waals surface area contributed by atoms with Crippen molar-refractivity contribution in [2.24, 2.45) is 0 Å². The average Bonchev–Trinajstić information content (AvgIpc) is 2.32. The van der Waals surface area contributed by atoms with E-state index >= 15 is 0 Å². The van der Waals surface area contributed by atoms with Crippen LogP contribution in [0.1, 0.15) is 48.0 Å². The fourth-order valence-corrected chi connectivity index (χ4v) is 1.51. The molecule has 0 rings (SSSR count). The van der Waals surface area contributed by atoms with Crippen molar-refractivity contribution in [3.05, 3.63) is 0 Å². The van der Waals surface area contributed by atoms with Gasteiger partial charge in [0.1, 0.15) is 17.2 Å². The SMILES string of the molecule is CNC(=O)[C@H](F)C[C@H](NC(=O)OC(C)(C)C)C(=O)OC(C)(C)C. The van der Waals surface area contributed by atoms with Crippen LogP contribution < -0.4 is 10.6 Å². The molecule has 8 heteroatoms. The van der Waals surface area contributed by atoms with Crippen molar-refractivity contribution >= 4 is 18.0 Å². The van der Waals surface area contributed by atoms with Crippen LogP contribution in [0.4, 0.5) is 9.18 Å². The highest BCUT2D eigenvalue weighted by atomic mass is 19.1. The molecule has 0 aromatic rings. The number of ether oxygens (including phenoxy) is 2. The number of esters is 1. The van der Waals surface area contributed by atoms with E-state index in [0.29, 0.717) is 0 Å². The smallest absolute Gasteiger partial charge is 0.408 e. The first-order chi connectivity index (χ1) is 10.2. The van der Waals surface area contributed by atoms with E-state index in [4.69, 9.17) is 9.47 Å². The Morgan fingerprint density at radius 2 is 1.48 bits per heavy atom. The lowest BCUT2D eigenvalue weighted by Gasteiger charge is -2.26. The van der Waals surface area contributed by atoms with E-state index in [-0.39, 0.29) is 0 Å². The van der Waals surface area contributed by atoms with Crippen molar-refractivity contribution in [2.75, 3.05) is 7.05 Å². The molecule has 2 atom stereocenters. The Hall–Kier alpha value is -1.86. The molecule has 134 valence electrons. The summed E-state index contributed by atoms with van der Waals surface area (Å²) in [5.41, 5.74) is -1.59. The highest BCUT2D eigenvalue weighted by molar-refractivity contribution is 5.84. The first-order valence-corrected chi connectivity index (χ1v) is 7.33. The maximum absolute atomic E-state index is 13.8. The zero-order valence-corrected chi connectivity index (χ0v) is 14.8. The molecule has 0 aliphatic heterocycles. The molecule has 0 spiro atoms. The lowest BCUT2D eigenvalue weighted by Crippen LogP contribution is -2.48. The van der Waals surface area contributed by atoms with Crippen molar-refractivity contribution in [3.8, 4) is 0 Å². The van der Waals surface area contributed by atoms with Crippen LogP contribution in [0.15, 0.2) is 0 Å². The molecular formula is C15H27FN2O5. The van der Waals surface area contributed by atoms with Crippen LogP contribution in [-0.2, 0) is 19.1 Å². The molecule has 0 aromatic carbocycles. The number of halogens is 1. The summed E-state index contributed by atoms with van der Waals surface area (Å²) in [7, 11) is 1.28.